The van der Waals surface area contributed by atoms with E-state index >= 15 is 0 Å². The molecular weight excluding hydrogens is 218 g/mol. The first-order chi connectivity index (χ1) is 8.77. The lowest BCUT2D eigenvalue weighted by Crippen LogP contribution is -2.00. The molecule has 0 aliphatic rings. The first-order valence-corrected chi connectivity index (χ1v) is 6.43. The molecule has 90 valence electrons. The van der Waals surface area contributed by atoms with Crippen molar-refractivity contribution < 1.29 is 0 Å². The summed E-state index contributed by atoms with van der Waals surface area (Å²) in [5.74, 6) is 0.505. The highest BCUT2D eigenvalue weighted by atomic mass is 15.0. The van der Waals surface area contributed by atoms with Crippen LogP contribution in [0.2, 0.25) is 0 Å². The van der Waals surface area contributed by atoms with Gasteiger partial charge in [0, 0.05) is 28.4 Å². The fourth-order valence-corrected chi connectivity index (χ4v) is 2.57. The van der Waals surface area contributed by atoms with Crippen LogP contribution < -0.4 is 0 Å². The molecule has 0 amide bonds. The van der Waals surface area contributed by atoms with Gasteiger partial charge in [0.05, 0.1) is 0 Å². The van der Waals surface area contributed by atoms with E-state index in [1.165, 1.54) is 22.2 Å². The smallest absolute Gasteiger partial charge is 0.0452 e. The molecule has 0 spiro atoms. The maximum atomic E-state index is 2.31. The molecule has 1 nitrogen and oxygen atoms in total. The fraction of sp³-hybridized carbons (Fsp3) is 0.176. The van der Waals surface area contributed by atoms with E-state index in [0.29, 0.717) is 5.92 Å². The zero-order valence-electron chi connectivity index (χ0n) is 10.8. The lowest BCUT2D eigenvalue weighted by molar-refractivity contribution is 0.795. The fourth-order valence-electron chi connectivity index (χ4n) is 2.57. The molecule has 0 aliphatic heterocycles. The van der Waals surface area contributed by atoms with E-state index in [2.05, 4.69) is 79.2 Å². The zero-order chi connectivity index (χ0) is 12.5. The molecule has 1 aromatic heterocycles. The largest absolute Gasteiger partial charge is 0.319 e. The Balaban J connectivity index is 2.32. The van der Waals surface area contributed by atoms with Crippen LogP contribution in [0.1, 0.15) is 25.5 Å². The third kappa shape index (κ3) is 1.72. The SMILES string of the molecule is CC(C)c1c2ccccc2cn1-c1ccccc1. The molecule has 3 aromatic rings. The van der Waals surface area contributed by atoms with Crippen LogP contribution in [-0.2, 0) is 0 Å². The summed E-state index contributed by atoms with van der Waals surface area (Å²) in [5.41, 5.74) is 2.62. The van der Waals surface area contributed by atoms with Crippen LogP contribution in [0.3, 0.4) is 0 Å². The van der Waals surface area contributed by atoms with E-state index in [4.69, 9.17) is 0 Å². The van der Waals surface area contributed by atoms with Crippen molar-refractivity contribution in [3.8, 4) is 5.69 Å². The van der Waals surface area contributed by atoms with Gasteiger partial charge in [0.15, 0.2) is 0 Å². The van der Waals surface area contributed by atoms with Gasteiger partial charge < -0.3 is 4.57 Å². The Morgan fingerprint density at radius 1 is 0.833 bits per heavy atom. The average Bonchev–Trinajstić information content (AvgIpc) is 2.79. The standard InChI is InChI=1S/C17H17N/c1-13(2)17-16-11-7-6-8-14(16)12-18(17)15-9-4-3-5-10-15/h3-13H,1-2H3. The lowest BCUT2D eigenvalue weighted by Gasteiger charge is -2.12. The minimum absolute atomic E-state index is 0.505. The normalized spacial score (nSPS) is 11.3. The molecule has 1 heterocycles. The van der Waals surface area contributed by atoms with Crippen molar-refractivity contribution in [1.29, 1.82) is 0 Å². The predicted octanol–water partition coefficient (Wildman–Crippen LogP) is 4.75. The van der Waals surface area contributed by atoms with Crippen molar-refractivity contribution in [2.75, 3.05) is 0 Å². The predicted molar refractivity (Wildman–Crippen MR) is 77.4 cm³/mol. The minimum atomic E-state index is 0.505. The van der Waals surface area contributed by atoms with Crippen molar-refractivity contribution in [1.82, 2.24) is 4.57 Å². The first-order valence-electron chi connectivity index (χ1n) is 6.43. The second-order valence-electron chi connectivity index (χ2n) is 4.96. The van der Waals surface area contributed by atoms with E-state index < -0.39 is 0 Å². The van der Waals surface area contributed by atoms with Crippen molar-refractivity contribution in [2.45, 2.75) is 19.8 Å². The van der Waals surface area contributed by atoms with Crippen molar-refractivity contribution in [2.24, 2.45) is 0 Å². The molecule has 18 heavy (non-hydrogen) atoms. The highest BCUT2D eigenvalue weighted by Gasteiger charge is 2.12. The molecular formula is C17H17N. The van der Waals surface area contributed by atoms with Crippen LogP contribution in [0, 0.1) is 0 Å². The van der Waals surface area contributed by atoms with E-state index in [1.54, 1.807) is 0 Å². The van der Waals surface area contributed by atoms with Gasteiger partial charge >= 0.3 is 0 Å². The summed E-state index contributed by atoms with van der Waals surface area (Å²) < 4.78 is 2.31. The van der Waals surface area contributed by atoms with Gasteiger partial charge in [-0.15, -0.1) is 0 Å². The molecule has 0 unspecified atom stereocenters. The Kier molecular flexibility index (Phi) is 2.67. The van der Waals surface area contributed by atoms with Gasteiger partial charge in [-0.05, 0) is 18.1 Å². The highest BCUT2D eigenvalue weighted by molar-refractivity contribution is 5.86. The van der Waals surface area contributed by atoms with Crippen molar-refractivity contribution in [3.05, 3.63) is 66.5 Å². The van der Waals surface area contributed by atoms with Crippen LogP contribution in [-0.4, -0.2) is 4.57 Å². The van der Waals surface area contributed by atoms with E-state index in [-0.39, 0.29) is 0 Å². The third-order valence-corrected chi connectivity index (χ3v) is 3.35. The van der Waals surface area contributed by atoms with E-state index in [1.807, 2.05) is 0 Å². The summed E-state index contributed by atoms with van der Waals surface area (Å²) >= 11 is 0. The third-order valence-electron chi connectivity index (χ3n) is 3.35. The molecule has 3 rings (SSSR count). The molecule has 0 radical (unpaired) electrons. The highest BCUT2D eigenvalue weighted by Crippen LogP contribution is 2.29. The van der Waals surface area contributed by atoms with Crippen LogP contribution in [0.15, 0.2) is 60.8 Å². The van der Waals surface area contributed by atoms with Crippen LogP contribution in [0.4, 0.5) is 0 Å². The second kappa shape index (κ2) is 4.34. The topological polar surface area (TPSA) is 4.93 Å². The van der Waals surface area contributed by atoms with Gasteiger partial charge in [-0.25, -0.2) is 0 Å². The molecule has 0 saturated heterocycles. The molecule has 0 bridgehead atoms. The number of nitrogens with zero attached hydrogens (tertiary/aromatic N) is 1. The van der Waals surface area contributed by atoms with Crippen molar-refractivity contribution >= 4 is 10.8 Å². The maximum absolute atomic E-state index is 2.31. The summed E-state index contributed by atoms with van der Waals surface area (Å²) in [6, 6.07) is 19.2. The van der Waals surface area contributed by atoms with Crippen LogP contribution >= 0.6 is 0 Å². The molecule has 2 aromatic carbocycles. The van der Waals surface area contributed by atoms with Crippen LogP contribution in [0.5, 0.6) is 0 Å². The number of fused-ring (bicyclic) bond motifs is 1. The Morgan fingerprint density at radius 3 is 2.22 bits per heavy atom. The number of hydrogen-bond acceptors (Lipinski definition) is 0. The average molecular weight is 235 g/mol. The summed E-state index contributed by atoms with van der Waals surface area (Å²) in [5, 5.41) is 2.67. The zero-order valence-corrected chi connectivity index (χ0v) is 10.8. The maximum Gasteiger partial charge on any atom is 0.0452 e. The molecule has 0 saturated carbocycles. The number of aromatic nitrogens is 1. The second-order valence-corrected chi connectivity index (χ2v) is 4.96. The van der Waals surface area contributed by atoms with Gasteiger partial charge in [-0.1, -0.05) is 56.3 Å². The Labute approximate surface area is 108 Å². The molecule has 0 N–H and O–H groups in total. The molecule has 0 aliphatic carbocycles. The van der Waals surface area contributed by atoms with Gasteiger partial charge in [-0.2, -0.15) is 0 Å². The summed E-state index contributed by atoms with van der Waals surface area (Å²) in [6.45, 7) is 4.50. The van der Waals surface area contributed by atoms with Gasteiger partial charge in [0.2, 0.25) is 0 Å². The van der Waals surface area contributed by atoms with E-state index in [0.717, 1.165) is 0 Å². The lowest BCUT2D eigenvalue weighted by atomic mass is 10.1. The quantitative estimate of drug-likeness (QED) is 0.604. The summed E-state index contributed by atoms with van der Waals surface area (Å²) in [7, 11) is 0. The molecule has 1 heteroatoms. The number of rotatable bonds is 2. The number of hydrogen-bond donors (Lipinski definition) is 0. The van der Waals surface area contributed by atoms with Gasteiger partial charge in [-0.3, -0.25) is 0 Å². The van der Waals surface area contributed by atoms with Crippen molar-refractivity contribution in [3.63, 3.8) is 0 Å². The Bertz CT molecular complexity index is 662. The molecule has 0 atom stereocenters. The molecule has 0 fully saturated rings. The van der Waals surface area contributed by atoms with E-state index in [9.17, 15) is 0 Å². The first kappa shape index (κ1) is 11.1. The minimum Gasteiger partial charge on any atom is -0.319 e. The Hall–Kier alpha value is -2.02. The van der Waals surface area contributed by atoms with Gasteiger partial charge in [0.25, 0.3) is 0 Å². The summed E-state index contributed by atoms with van der Waals surface area (Å²) in [6.07, 6.45) is 2.24. The number of benzene rings is 2. The van der Waals surface area contributed by atoms with Crippen LogP contribution in [0.25, 0.3) is 16.5 Å². The Morgan fingerprint density at radius 2 is 1.50 bits per heavy atom. The summed E-state index contributed by atoms with van der Waals surface area (Å²) in [4.78, 5) is 0. The number of para-hydroxylation sites is 1. The monoisotopic (exact) mass is 235 g/mol. The van der Waals surface area contributed by atoms with Gasteiger partial charge in [0.1, 0.15) is 0 Å².